The molecule has 0 unspecified atom stereocenters. The third-order valence-electron chi connectivity index (χ3n) is 4.12. The Morgan fingerprint density at radius 3 is 2.78 bits per heavy atom. The quantitative estimate of drug-likeness (QED) is 0.789. The van der Waals surface area contributed by atoms with Gasteiger partial charge in [0.2, 0.25) is 5.91 Å². The number of rotatable bonds is 5. The van der Waals surface area contributed by atoms with Gasteiger partial charge in [-0.15, -0.1) is 11.8 Å². The summed E-state index contributed by atoms with van der Waals surface area (Å²) < 4.78 is 1.08. The molecule has 3 rings (SSSR count). The van der Waals surface area contributed by atoms with Crippen LogP contribution in [-0.4, -0.2) is 11.7 Å². The zero-order chi connectivity index (χ0) is 16.1. The van der Waals surface area contributed by atoms with Gasteiger partial charge in [-0.2, -0.15) is 0 Å². The Kier molecular flexibility index (Phi) is 5.79. The smallest absolute Gasteiger partial charge is 0.230 e. The summed E-state index contributed by atoms with van der Waals surface area (Å²) in [7, 11) is 0. The number of amides is 1. The number of hydrogen-bond donors (Lipinski definition) is 1. The minimum atomic E-state index is 0.133. The van der Waals surface area contributed by atoms with Gasteiger partial charge in [-0.05, 0) is 48.1 Å². The first kappa shape index (κ1) is 16.6. The second-order valence-corrected chi connectivity index (χ2v) is 7.73. The molecule has 1 atom stereocenters. The first-order valence-electron chi connectivity index (χ1n) is 7.92. The molecule has 0 fully saturated rings. The molecule has 0 spiro atoms. The Morgan fingerprint density at radius 1 is 1.17 bits per heavy atom. The van der Waals surface area contributed by atoms with E-state index in [9.17, 15) is 4.79 Å². The number of benzene rings is 2. The van der Waals surface area contributed by atoms with E-state index in [-0.39, 0.29) is 11.9 Å². The predicted octanol–water partition coefficient (Wildman–Crippen LogP) is 4.88. The van der Waals surface area contributed by atoms with Crippen LogP contribution < -0.4 is 5.32 Å². The summed E-state index contributed by atoms with van der Waals surface area (Å²) in [4.78, 5) is 12.2. The van der Waals surface area contributed by atoms with E-state index in [0.717, 1.165) is 29.5 Å². The minimum absolute atomic E-state index is 0.133. The van der Waals surface area contributed by atoms with Crippen LogP contribution in [0.3, 0.4) is 0 Å². The highest BCUT2D eigenvalue weighted by Gasteiger charge is 2.21. The Balaban J connectivity index is 1.49. The van der Waals surface area contributed by atoms with Crippen molar-refractivity contribution in [3.8, 4) is 0 Å². The van der Waals surface area contributed by atoms with Gasteiger partial charge in [0.05, 0.1) is 11.8 Å². The third-order valence-corrected chi connectivity index (χ3v) is 5.65. The van der Waals surface area contributed by atoms with Crippen LogP contribution in [0.15, 0.2) is 53.0 Å². The number of fused-ring (bicyclic) bond motifs is 1. The standard InChI is InChI=1S/C19H20BrNOS/c20-16-10-8-14(9-11-16)12-23-13-19(22)21-18-7-3-5-15-4-1-2-6-17(15)18/h1-2,4,6,8-11,18H,3,5,7,12-13H2,(H,21,22)/t18-/m0/s1. The molecule has 1 amide bonds. The molecule has 4 heteroatoms. The van der Waals surface area contributed by atoms with Gasteiger partial charge >= 0.3 is 0 Å². The Hall–Kier alpha value is -1.26. The maximum Gasteiger partial charge on any atom is 0.230 e. The number of carbonyl (C=O) groups excluding carboxylic acids is 1. The van der Waals surface area contributed by atoms with Gasteiger partial charge in [0.15, 0.2) is 0 Å². The molecule has 2 aromatic carbocycles. The van der Waals surface area contributed by atoms with Crippen molar-refractivity contribution in [2.24, 2.45) is 0 Å². The summed E-state index contributed by atoms with van der Waals surface area (Å²) in [5.74, 6) is 1.50. The minimum Gasteiger partial charge on any atom is -0.349 e. The zero-order valence-corrected chi connectivity index (χ0v) is 15.3. The van der Waals surface area contributed by atoms with Crippen LogP contribution in [0.25, 0.3) is 0 Å². The normalized spacial score (nSPS) is 16.7. The molecule has 2 nitrogen and oxygen atoms in total. The molecule has 0 heterocycles. The molecule has 1 aliphatic rings. The molecule has 1 aliphatic carbocycles. The van der Waals surface area contributed by atoms with E-state index in [2.05, 4.69) is 57.6 Å². The van der Waals surface area contributed by atoms with Gasteiger partial charge in [0.25, 0.3) is 0 Å². The molecule has 0 saturated heterocycles. The van der Waals surface area contributed by atoms with Gasteiger partial charge in [0, 0.05) is 10.2 Å². The van der Waals surface area contributed by atoms with Crippen molar-refractivity contribution in [3.63, 3.8) is 0 Å². The van der Waals surface area contributed by atoms with Crippen LogP contribution in [0.1, 0.15) is 35.6 Å². The predicted molar refractivity (Wildman–Crippen MR) is 101 cm³/mol. The van der Waals surface area contributed by atoms with Gasteiger partial charge in [-0.1, -0.05) is 52.3 Å². The second kappa shape index (κ2) is 8.02. The first-order chi connectivity index (χ1) is 11.2. The molecule has 2 aromatic rings. The summed E-state index contributed by atoms with van der Waals surface area (Å²) in [6, 6.07) is 16.9. The molecular weight excluding hydrogens is 370 g/mol. The van der Waals surface area contributed by atoms with Gasteiger partial charge in [0.1, 0.15) is 0 Å². The molecule has 0 aromatic heterocycles. The van der Waals surface area contributed by atoms with Crippen molar-refractivity contribution in [1.82, 2.24) is 5.32 Å². The number of aryl methyl sites for hydroxylation is 1. The number of carbonyl (C=O) groups is 1. The van der Waals surface area contributed by atoms with E-state index in [1.807, 2.05) is 12.1 Å². The Morgan fingerprint density at radius 2 is 1.96 bits per heavy atom. The van der Waals surface area contributed by atoms with E-state index in [1.165, 1.54) is 16.7 Å². The highest BCUT2D eigenvalue weighted by molar-refractivity contribution is 9.10. The summed E-state index contributed by atoms with van der Waals surface area (Å²) >= 11 is 5.10. The molecule has 0 saturated carbocycles. The molecule has 0 aliphatic heterocycles. The van der Waals surface area contributed by atoms with Crippen LogP contribution >= 0.6 is 27.7 Å². The van der Waals surface area contributed by atoms with Gasteiger partial charge < -0.3 is 5.32 Å². The second-order valence-electron chi connectivity index (χ2n) is 5.83. The highest BCUT2D eigenvalue weighted by atomic mass is 79.9. The largest absolute Gasteiger partial charge is 0.349 e. The number of hydrogen-bond acceptors (Lipinski definition) is 2. The molecule has 1 N–H and O–H groups in total. The summed E-state index contributed by atoms with van der Waals surface area (Å²) in [5.41, 5.74) is 3.92. The van der Waals surface area contributed by atoms with Crippen LogP contribution in [0.5, 0.6) is 0 Å². The number of halogens is 1. The van der Waals surface area contributed by atoms with Crippen molar-refractivity contribution < 1.29 is 4.79 Å². The van der Waals surface area contributed by atoms with E-state index in [0.29, 0.717) is 5.75 Å². The zero-order valence-electron chi connectivity index (χ0n) is 12.9. The van der Waals surface area contributed by atoms with Crippen molar-refractivity contribution in [1.29, 1.82) is 0 Å². The summed E-state index contributed by atoms with van der Waals surface area (Å²) in [5, 5.41) is 3.20. The molecular formula is C19H20BrNOS. The van der Waals surface area contributed by atoms with Crippen molar-refractivity contribution in [2.75, 3.05) is 5.75 Å². The van der Waals surface area contributed by atoms with Gasteiger partial charge in [-0.25, -0.2) is 0 Å². The molecule has 0 bridgehead atoms. The summed E-state index contributed by atoms with van der Waals surface area (Å²) in [6.45, 7) is 0. The Labute approximate surface area is 150 Å². The topological polar surface area (TPSA) is 29.1 Å². The van der Waals surface area contributed by atoms with E-state index >= 15 is 0 Å². The lowest BCUT2D eigenvalue weighted by Crippen LogP contribution is -2.32. The monoisotopic (exact) mass is 389 g/mol. The average Bonchev–Trinajstić information content (AvgIpc) is 2.57. The number of thioether (sulfide) groups is 1. The summed E-state index contributed by atoms with van der Waals surface area (Å²) in [6.07, 6.45) is 3.31. The van der Waals surface area contributed by atoms with Crippen LogP contribution in [-0.2, 0) is 17.0 Å². The van der Waals surface area contributed by atoms with E-state index < -0.39 is 0 Å². The van der Waals surface area contributed by atoms with Crippen LogP contribution in [0.2, 0.25) is 0 Å². The van der Waals surface area contributed by atoms with Crippen LogP contribution in [0, 0.1) is 0 Å². The third kappa shape index (κ3) is 4.61. The lowest BCUT2D eigenvalue weighted by Gasteiger charge is -2.26. The van der Waals surface area contributed by atoms with Crippen molar-refractivity contribution in [3.05, 3.63) is 69.7 Å². The highest BCUT2D eigenvalue weighted by Crippen LogP contribution is 2.29. The fourth-order valence-corrected chi connectivity index (χ4v) is 4.05. The first-order valence-corrected chi connectivity index (χ1v) is 9.86. The molecule has 0 radical (unpaired) electrons. The molecule has 120 valence electrons. The fraction of sp³-hybridized carbons (Fsp3) is 0.316. The van der Waals surface area contributed by atoms with E-state index in [4.69, 9.17) is 0 Å². The maximum atomic E-state index is 12.2. The van der Waals surface area contributed by atoms with E-state index in [1.54, 1.807) is 11.8 Å². The van der Waals surface area contributed by atoms with Gasteiger partial charge in [-0.3, -0.25) is 4.79 Å². The Bertz CT molecular complexity index is 671. The number of nitrogens with one attached hydrogen (secondary N) is 1. The maximum absolute atomic E-state index is 12.2. The fourth-order valence-electron chi connectivity index (χ4n) is 2.98. The van der Waals surface area contributed by atoms with Crippen molar-refractivity contribution in [2.45, 2.75) is 31.1 Å². The SMILES string of the molecule is O=C(CSCc1ccc(Br)cc1)N[C@H]1CCCc2ccccc21. The molecule has 23 heavy (non-hydrogen) atoms. The lowest BCUT2D eigenvalue weighted by molar-refractivity contribution is -0.119. The average molecular weight is 390 g/mol. The van der Waals surface area contributed by atoms with Crippen LogP contribution in [0.4, 0.5) is 0 Å². The van der Waals surface area contributed by atoms with Crippen molar-refractivity contribution >= 4 is 33.6 Å². The lowest BCUT2D eigenvalue weighted by atomic mass is 9.88.